The lowest BCUT2D eigenvalue weighted by Gasteiger charge is -2.15. The summed E-state index contributed by atoms with van der Waals surface area (Å²) in [6.45, 7) is 13.0. The van der Waals surface area contributed by atoms with Gasteiger partial charge in [0.1, 0.15) is 6.61 Å². The third-order valence-corrected chi connectivity index (χ3v) is 3.55. The van der Waals surface area contributed by atoms with E-state index in [2.05, 4.69) is 39.1 Å². The molecule has 106 valence electrons. The summed E-state index contributed by atoms with van der Waals surface area (Å²) in [5.74, 6) is -0.202. The number of carbonyl (C=O) groups excluding carboxylic acids is 1. The maximum Gasteiger partial charge on any atom is 0.320 e. The van der Waals surface area contributed by atoms with Gasteiger partial charge in [0.05, 0.1) is 6.54 Å². The Morgan fingerprint density at radius 3 is 2.16 bits per heavy atom. The van der Waals surface area contributed by atoms with Crippen molar-refractivity contribution in [2.75, 3.05) is 6.54 Å². The average molecular weight is 263 g/mol. The van der Waals surface area contributed by atoms with Crippen molar-refractivity contribution in [3.8, 4) is 0 Å². The zero-order valence-corrected chi connectivity index (χ0v) is 12.9. The van der Waals surface area contributed by atoms with E-state index < -0.39 is 0 Å². The Kier molecular flexibility index (Phi) is 5.55. The van der Waals surface area contributed by atoms with Crippen LogP contribution in [0, 0.1) is 27.7 Å². The van der Waals surface area contributed by atoms with Crippen molar-refractivity contribution < 1.29 is 9.53 Å². The van der Waals surface area contributed by atoms with Gasteiger partial charge in [0.25, 0.3) is 0 Å². The topological polar surface area (TPSA) is 38.3 Å². The van der Waals surface area contributed by atoms with Crippen LogP contribution in [-0.2, 0) is 16.1 Å². The Balaban J connectivity index is 2.70. The van der Waals surface area contributed by atoms with Crippen molar-refractivity contribution in [1.29, 1.82) is 0 Å². The molecule has 1 rings (SSSR count). The zero-order chi connectivity index (χ0) is 14.6. The van der Waals surface area contributed by atoms with E-state index in [-0.39, 0.29) is 18.6 Å². The average Bonchev–Trinajstić information content (AvgIpc) is 2.34. The Bertz CT molecular complexity index is 438. The SMILES string of the molecule is Cc1cc(C)c(C)c(COC(=O)CNC(C)C)c1C. The number of ether oxygens (including phenoxy) is 1. The number of rotatable bonds is 5. The van der Waals surface area contributed by atoms with Gasteiger partial charge < -0.3 is 10.1 Å². The van der Waals surface area contributed by atoms with Gasteiger partial charge in [0.2, 0.25) is 0 Å². The van der Waals surface area contributed by atoms with Crippen LogP contribution in [0.1, 0.15) is 41.7 Å². The van der Waals surface area contributed by atoms with Crippen LogP contribution in [0.15, 0.2) is 6.07 Å². The fraction of sp³-hybridized carbons (Fsp3) is 0.562. The first-order chi connectivity index (χ1) is 8.82. The molecule has 0 atom stereocenters. The minimum Gasteiger partial charge on any atom is -0.460 e. The van der Waals surface area contributed by atoms with E-state index in [9.17, 15) is 4.79 Å². The third kappa shape index (κ3) is 4.35. The lowest BCUT2D eigenvalue weighted by molar-refractivity contribution is -0.144. The van der Waals surface area contributed by atoms with E-state index in [1.54, 1.807) is 0 Å². The lowest BCUT2D eigenvalue weighted by atomic mass is 9.95. The molecule has 0 aliphatic rings. The predicted octanol–water partition coefficient (Wildman–Crippen LogP) is 2.96. The van der Waals surface area contributed by atoms with Gasteiger partial charge in [0.15, 0.2) is 0 Å². The van der Waals surface area contributed by atoms with Crippen LogP contribution in [-0.4, -0.2) is 18.6 Å². The molecule has 19 heavy (non-hydrogen) atoms. The Morgan fingerprint density at radius 1 is 1.16 bits per heavy atom. The summed E-state index contributed by atoms with van der Waals surface area (Å²) in [7, 11) is 0. The number of hydrogen-bond donors (Lipinski definition) is 1. The molecular formula is C16H25NO2. The minimum atomic E-state index is -0.202. The Labute approximate surface area is 116 Å². The van der Waals surface area contributed by atoms with Gasteiger partial charge in [-0.25, -0.2) is 0 Å². The molecule has 3 nitrogen and oxygen atoms in total. The van der Waals surface area contributed by atoms with Crippen LogP contribution in [0.4, 0.5) is 0 Å². The molecule has 1 aromatic carbocycles. The van der Waals surface area contributed by atoms with Crippen molar-refractivity contribution in [3.63, 3.8) is 0 Å². The van der Waals surface area contributed by atoms with Crippen molar-refractivity contribution in [1.82, 2.24) is 5.32 Å². The maximum absolute atomic E-state index is 11.6. The third-order valence-electron chi connectivity index (χ3n) is 3.55. The fourth-order valence-corrected chi connectivity index (χ4v) is 2.01. The molecule has 0 aliphatic heterocycles. The van der Waals surface area contributed by atoms with Crippen molar-refractivity contribution >= 4 is 5.97 Å². The van der Waals surface area contributed by atoms with Crippen LogP contribution in [0.5, 0.6) is 0 Å². The highest BCUT2D eigenvalue weighted by atomic mass is 16.5. The first kappa shape index (κ1) is 15.7. The van der Waals surface area contributed by atoms with E-state index in [0.29, 0.717) is 6.61 Å². The van der Waals surface area contributed by atoms with E-state index in [1.807, 2.05) is 13.8 Å². The normalized spacial score (nSPS) is 10.9. The molecule has 0 aromatic heterocycles. The number of esters is 1. The first-order valence-electron chi connectivity index (χ1n) is 6.78. The molecule has 0 unspecified atom stereocenters. The molecule has 0 fully saturated rings. The standard InChI is InChI=1S/C16H25NO2/c1-10(2)17-8-16(18)19-9-15-13(5)11(3)7-12(4)14(15)6/h7,10,17H,8-9H2,1-6H3. The van der Waals surface area contributed by atoms with Gasteiger partial charge in [-0.2, -0.15) is 0 Å². The van der Waals surface area contributed by atoms with Crippen LogP contribution in [0.3, 0.4) is 0 Å². The zero-order valence-electron chi connectivity index (χ0n) is 12.9. The number of carbonyl (C=O) groups is 1. The van der Waals surface area contributed by atoms with E-state index in [4.69, 9.17) is 4.74 Å². The monoisotopic (exact) mass is 263 g/mol. The number of hydrogen-bond acceptors (Lipinski definition) is 3. The van der Waals surface area contributed by atoms with E-state index >= 15 is 0 Å². The molecule has 0 saturated carbocycles. The summed E-state index contributed by atoms with van der Waals surface area (Å²) in [6.07, 6.45) is 0. The van der Waals surface area contributed by atoms with Gasteiger partial charge in [-0.15, -0.1) is 0 Å². The highest BCUT2D eigenvalue weighted by Gasteiger charge is 2.11. The van der Waals surface area contributed by atoms with Crippen molar-refractivity contribution in [3.05, 3.63) is 33.9 Å². The molecule has 3 heteroatoms. The summed E-state index contributed by atoms with van der Waals surface area (Å²) in [6, 6.07) is 2.47. The van der Waals surface area contributed by atoms with Crippen LogP contribution in [0.2, 0.25) is 0 Å². The summed E-state index contributed by atoms with van der Waals surface area (Å²) < 4.78 is 5.35. The largest absolute Gasteiger partial charge is 0.460 e. The molecular weight excluding hydrogens is 238 g/mol. The Hall–Kier alpha value is -1.35. The maximum atomic E-state index is 11.6. The molecule has 1 aromatic rings. The van der Waals surface area contributed by atoms with Gasteiger partial charge >= 0.3 is 5.97 Å². The van der Waals surface area contributed by atoms with Gasteiger partial charge in [-0.1, -0.05) is 19.9 Å². The minimum absolute atomic E-state index is 0.202. The second kappa shape index (κ2) is 6.71. The molecule has 0 aliphatic carbocycles. The van der Waals surface area contributed by atoms with Crippen LogP contribution in [0.25, 0.3) is 0 Å². The van der Waals surface area contributed by atoms with Crippen LogP contribution < -0.4 is 5.32 Å². The summed E-state index contributed by atoms with van der Waals surface area (Å²) in [4.78, 5) is 11.6. The molecule has 0 saturated heterocycles. The predicted molar refractivity (Wildman–Crippen MR) is 78.3 cm³/mol. The van der Waals surface area contributed by atoms with Crippen molar-refractivity contribution in [2.24, 2.45) is 0 Å². The summed E-state index contributed by atoms with van der Waals surface area (Å²) >= 11 is 0. The Morgan fingerprint density at radius 2 is 1.68 bits per heavy atom. The van der Waals surface area contributed by atoms with E-state index in [0.717, 1.165) is 5.56 Å². The van der Waals surface area contributed by atoms with Gasteiger partial charge in [0, 0.05) is 6.04 Å². The summed E-state index contributed by atoms with van der Waals surface area (Å²) in [5, 5.41) is 3.06. The number of nitrogens with one attached hydrogen (secondary N) is 1. The van der Waals surface area contributed by atoms with Gasteiger partial charge in [-0.05, 0) is 55.5 Å². The number of aryl methyl sites for hydroxylation is 2. The molecule has 0 radical (unpaired) electrons. The second-order valence-corrected chi connectivity index (χ2v) is 5.44. The molecule has 0 spiro atoms. The lowest BCUT2D eigenvalue weighted by Crippen LogP contribution is -2.30. The highest BCUT2D eigenvalue weighted by molar-refractivity contribution is 5.71. The first-order valence-corrected chi connectivity index (χ1v) is 6.78. The van der Waals surface area contributed by atoms with E-state index in [1.165, 1.54) is 22.3 Å². The van der Waals surface area contributed by atoms with Crippen molar-refractivity contribution in [2.45, 2.75) is 54.2 Å². The summed E-state index contributed by atoms with van der Waals surface area (Å²) in [5.41, 5.74) is 6.06. The van der Waals surface area contributed by atoms with Gasteiger partial charge in [-0.3, -0.25) is 4.79 Å². The fourth-order valence-electron chi connectivity index (χ4n) is 2.01. The second-order valence-electron chi connectivity index (χ2n) is 5.44. The molecule has 0 heterocycles. The molecule has 0 amide bonds. The smallest absolute Gasteiger partial charge is 0.320 e. The van der Waals surface area contributed by atoms with Crippen LogP contribution >= 0.6 is 0 Å². The quantitative estimate of drug-likeness (QED) is 0.830. The number of benzene rings is 1. The molecule has 0 bridgehead atoms. The molecule has 1 N–H and O–H groups in total. The highest BCUT2D eigenvalue weighted by Crippen LogP contribution is 2.22.